The van der Waals surface area contributed by atoms with E-state index >= 15 is 0 Å². The van der Waals surface area contributed by atoms with Gasteiger partial charge in [-0.25, -0.2) is 8.42 Å². The highest BCUT2D eigenvalue weighted by Crippen LogP contribution is 2.26. The molecule has 0 radical (unpaired) electrons. The first kappa shape index (κ1) is 23.1. The number of benzene rings is 2. The fourth-order valence-corrected chi connectivity index (χ4v) is 4.89. The van der Waals surface area contributed by atoms with Gasteiger partial charge in [0.25, 0.3) is 15.6 Å². The fraction of sp³-hybridized carbons (Fsp3) is 0.167. The van der Waals surface area contributed by atoms with Crippen molar-refractivity contribution in [2.45, 2.75) is 32.6 Å². The number of aryl methyl sites for hydroxylation is 3. The number of anilines is 1. The number of rotatable bonds is 6. The van der Waals surface area contributed by atoms with E-state index in [1.54, 1.807) is 51.1 Å². The first-order valence-electron chi connectivity index (χ1n) is 10.4. The molecule has 174 valence electrons. The SMILES string of the molecule is CC(=O)c1cccc(NS(=O)(=O)c2cc(-c3ccc(=O)n(-c4c(C)noc4C)n3)ccc2C)c1. The minimum atomic E-state index is -3.97. The van der Waals surface area contributed by atoms with E-state index in [0.29, 0.717) is 39.5 Å². The van der Waals surface area contributed by atoms with Crippen molar-refractivity contribution < 1.29 is 17.7 Å². The minimum absolute atomic E-state index is 0.0510. The second-order valence-electron chi connectivity index (χ2n) is 7.86. The van der Waals surface area contributed by atoms with Gasteiger partial charge >= 0.3 is 0 Å². The van der Waals surface area contributed by atoms with Crippen molar-refractivity contribution in [3.8, 4) is 16.9 Å². The highest BCUT2D eigenvalue weighted by molar-refractivity contribution is 7.92. The summed E-state index contributed by atoms with van der Waals surface area (Å²) in [5, 5.41) is 8.29. The number of hydrogen-bond acceptors (Lipinski definition) is 7. The minimum Gasteiger partial charge on any atom is -0.359 e. The first-order chi connectivity index (χ1) is 16.1. The molecule has 10 heteroatoms. The molecule has 2 aromatic heterocycles. The molecule has 2 heterocycles. The van der Waals surface area contributed by atoms with Crippen LogP contribution in [0, 0.1) is 20.8 Å². The predicted molar refractivity (Wildman–Crippen MR) is 127 cm³/mol. The Labute approximate surface area is 196 Å². The second kappa shape index (κ2) is 8.71. The van der Waals surface area contributed by atoms with Crippen LogP contribution in [0.3, 0.4) is 0 Å². The van der Waals surface area contributed by atoms with Crippen LogP contribution in [0.5, 0.6) is 0 Å². The summed E-state index contributed by atoms with van der Waals surface area (Å²) < 4.78 is 35.3. The maximum atomic E-state index is 13.2. The Bertz CT molecular complexity index is 1570. The van der Waals surface area contributed by atoms with Gasteiger partial charge in [-0.15, -0.1) is 0 Å². The van der Waals surface area contributed by atoms with Crippen molar-refractivity contribution in [3.63, 3.8) is 0 Å². The topological polar surface area (TPSA) is 124 Å². The fourth-order valence-electron chi connectivity index (χ4n) is 3.57. The average Bonchev–Trinajstić information content (AvgIpc) is 3.12. The molecule has 0 atom stereocenters. The van der Waals surface area contributed by atoms with E-state index in [9.17, 15) is 18.0 Å². The lowest BCUT2D eigenvalue weighted by Gasteiger charge is -2.13. The third-order valence-corrected chi connectivity index (χ3v) is 6.83. The van der Waals surface area contributed by atoms with E-state index in [2.05, 4.69) is 15.0 Å². The molecule has 0 fully saturated rings. The molecular formula is C24H22N4O5S. The highest BCUT2D eigenvalue weighted by atomic mass is 32.2. The quantitative estimate of drug-likeness (QED) is 0.418. The normalized spacial score (nSPS) is 11.4. The van der Waals surface area contributed by atoms with Crippen molar-refractivity contribution in [2.24, 2.45) is 0 Å². The molecule has 34 heavy (non-hydrogen) atoms. The van der Waals surface area contributed by atoms with Crippen molar-refractivity contribution in [1.29, 1.82) is 0 Å². The second-order valence-corrected chi connectivity index (χ2v) is 9.51. The van der Waals surface area contributed by atoms with Gasteiger partial charge in [0.05, 0.1) is 10.6 Å². The third-order valence-electron chi connectivity index (χ3n) is 5.30. The lowest BCUT2D eigenvalue weighted by molar-refractivity contribution is 0.101. The van der Waals surface area contributed by atoms with Crippen LogP contribution in [-0.4, -0.2) is 29.1 Å². The van der Waals surface area contributed by atoms with Gasteiger partial charge in [0.2, 0.25) is 0 Å². The number of aromatic nitrogens is 3. The van der Waals surface area contributed by atoms with E-state index in [-0.39, 0.29) is 21.9 Å². The Morgan fingerprint density at radius 3 is 2.47 bits per heavy atom. The smallest absolute Gasteiger partial charge is 0.271 e. The molecule has 0 aliphatic carbocycles. The van der Waals surface area contributed by atoms with Crippen LogP contribution in [0.15, 0.2) is 68.8 Å². The Morgan fingerprint density at radius 1 is 1.03 bits per heavy atom. The molecule has 4 aromatic rings. The van der Waals surface area contributed by atoms with E-state index in [1.807, 2.05) is 0 Å². The standard InChI is InChI=1S/C24H22N4O5S/c1-14-8-9-19(21-10-11-23(30)28(25-21)24-15(2)26-33-17(24)4)13-22(14)34(31,32)27-20-7-5-6-18(12-20)16(3)29/h5-13,27H,1-4H3. The van der Waals surface area contributed by atoms with Crippen LogP contribution in [0.4, 0.5) is 5.69 Å². The molecule has 0 amide bonds. The van der Waals surface area contributed by atoms with E-state index in [1.165, 1.54) is 35.9 Å². The molecule has 9 nitrogen and oxygen atoms in total. The van der Waals surface area contributed by atoms with Gasteiger partial charge in [-0.2, -0.15) is 9.78 Å². The zero-order valence-electron chi connectivity index (χ0n) is 19.0. The number of nitrogens with one attached hydrogen (secondary N) is 1. The number of ketones is 1. The lowest BCUT2D eigenvalue weighted by Crippen LogP contribution is -2.21. The van der Waals surface area contributed by atoms with E-state index < -0.39 is 10.0 Å². The molecule has 0 aliphatic heterocycles. The number of hydrogen-bond donors (Lipinski definition) is 1. The lowest BCUT2D eigenvalue weighted by atomic mass is 10.1. The van der Waals surface area contributed by atoms with Crippen LogP contribution in [0.1, 0.15) is 34.3 Å². The van der Waals surface area contributed by atoms with Crippen LogP contribution in [0.2, 0.25) is 0 Å². The van der Waals surface area contributed by atoms with Gasteiger partial charge in [0.15, 0.2) is 11.5 Å². The van der Waals surface area contributed by atoms with Gasteiger partial charge in [-0.05, 0) is 57.5 Å². The molecule has 0 aliphatic rings. The number of sulfonamides is 1. The van der Waals surface area contributed by atoms with Crippen LogP contribution < -0.4 is 10.3 Å². The Balaban J connectivity index is 1.76. The maximum Gasteiger partial charge on any atom is 0.271 e. The summed E-state index contributed by atoms with van der Waals surface area (Å²) in [6.45, 7) is 6.48. The van der Waals surface area contributed by atoms with Crippen molar-refractivity contribution >= 4 is 21.5 Å². The molecule has 0 saturated carbocycles. The summed E-state index contributed by atoms with van der Waals surface area (Å²) in [7, 11) is -3.97. The van der Waals surface area contributed by atoms with Crippen molar-refractivity contribution in [2.75, 3.05) is 4.72 Å². The van der Waals surface area contributed by atoms with Crippen molar-refractivity contribution in [1.82, 2.24) is 14.9 Å². The Morgan fingerprint density at radius 2 is 1.79 bits per heavy atom. The van der Waals surface area contributed by atoms with Gasteiger partial charge in [0.1, 0.15) is 11.4 Å². The zero-order valence-corrected chi connectivity index (χ0v) is 19.8. The summed E-state index contributed by atoms with van der Waals surface area (Å²) >= 11 is 0. The van der Waals surface area contributed by atoms with Crippen LogP contribution in [-0.2, 0) is 10.0 Å². The summed E-state index contributed by atoms with van der Waals surface area (Å²) in [6, 6.07) is 14.1. The zero-order chi connectivity index (χ0) is 24.6. The third kappa shape index (κ3) is 4.40. The molecule has 2 aromatic carbocycles. The van der Waals surface area contributed by atoms with Crippen LogP contribution in [0.25, 0.3) is 16.9 Å². The maximum absolute atomic E-state index is 13.2. The summed E-state index contributed by atoms with van der Waals surface area (Å²) in [6.07, 6.45) is 0. The van der Waals surface area contributed by atoms with Crippen LogP contribution >= 0.6 is 0 Å². The molecule has 4 rings (SSSR count). The monoisotopic (exact) mass is 478 g/mol. The first-order valence-corrected chi connectivity index (χ1v) is 11.8. The molecule has 0 saturated heterocycles. The summed E-state index contributed by atoms with van der Waals surface area (Å²) in [5.74, 6) is 0.270. The molecule has 0 spiro atoms. The summed E-state index contributed by atoms with van der Waals surface area (Å²) in [4.78, 5) is 24.2. The van der Waals surface area contributed by atoms with Crippen molar-refractivity contribution in [3.05, 3.63) is 87.5 Å². The Kier molecular flexibility index (Phi) is 5.92. The Hall–Kier alpha value is -4.05. The van der Waals surface area contributed by atoms with E-state index in [4.69, 9.17) is 4.52 Å². The number of nitrogens with zero attached hydrogens (tertiary/aromatic N) is 3. The van der Waals surface area contributed by atoms with E-state index in [0.717, 1.165) is 0 Å². The highest BCUT2D eigenvalue weighted by Gasteiger charge is 2.20. The number of Topliss-reactive ketones (excluding diaryl/α,β-unsaturated/α-hetero) is 1. The summed E-state index contributed by atoms with van der Waals surface area (Å²) in [5.41, 5.74) is 2.69. The molecular weight excluding hydrogens is 456 g/mol. The number of carbonyl (C=O) groups is 1. The average molecular weight is 479 g/mol. The van der Waals surface area contributed by atoms with Gasteiger partial charge in [-0.3, -0.25) is 14.3 Å². The molecule has 0 unspecified atom stereocenters. The van der Waals surface area contributed by atoms with Gasteiger partial charge in [-0.1, -0.05) is 29.4 Å². The largest absolute Gasteiger partial charge is 0.359 e. The molecule has 0 bridgehead atoms. The predicted octanol–water partition coefficient (Wildman–Crippen LogP) is 3.82. The van der Waals surface area contributed by atoms with Gasteiger partial charge < -0.3 is 4.52 Å². The molecule has 1 N–H and O–H groups in total. The van der Waals surface area contributed by atoms with Gasteiger partial charge in [0, 0.05) is 22.9 Å². The number of carbonyl (C=O) groups excluding carboxylic acids is 1.